The van der Waals surface area contributed by atoms with Crippen LogP contribution in [0.15, 0.2) is 42.5 Å². The first-order valence-corrected chi connectivity index (χ1v) is 8.39. The fourth-order valence-corrected chi connectivity index (χ4v) is 3.61. The minimum atomic E-state index is 0.452. The minimum Gasteiger partial charge on any atom is -0.305 e. The molecule has 0 saturated carbocycles. The zero-order valence-corrected chi connectivity index (χ0v) is 13.5. The van der Waals surface area contributed by atoms with Crippen LogP contribution in [-0.2, 0) is 6.54 Å². The van der Waals surface area contributed by atoms with Crippen molar-refractivity contribution in [2.24, 2.45) is 5.92 Å². The van der Waals surface area contributed by atoms with E-state index in [0.717, 1.165) is 6.54 Å². The molecule has 0 aliphatic heterocycles. The minimum absolute atomic E-state index is 0.452. The van der Waals surface area contributed by atoms with Crippen LogP contribution in [0.1, 0.15) is 48.0 Å². The summed E-state index contributed by atoms with van der Waals surface area (Å²) >= 11 is 1.89. The zero-order valence-electron chi connectivity index (χ0n) is 12.7. The van der Waals surface area contributed by atoms with Crippen LogP contribution in [-0.4, -0.2) is 0 Å². The van der Waals surface area contributed by atoms with E-state index in [2.05, 4.69) is 68.6 Å². The van der Waals surface area contributed by atoms with Crippen LogP contribution in [0.2, 0.25) is 0 Å². The van der Waals surface area contributed by atoms with Crippen molar-refractivity contribution >= 4 is 11.3 Å². The summed E-state index contributed by atoms with van der Waals surface area (Å²) < 4.78 is 0. The highest BCUT2D eigenvalue weighted by Gasteiger charge is 2.19. The van der Waals surface area contributed by atoms with Gasteiger partial charge in [0.1, 0.15) is 0 Å². The Kier molecular flexibility index (Phi) is 5.81. The average Bonchev–Trinajstić information content (AvgIpc) is 2.90. The van der Waals surface area contributed by atoms with Crippen LogP contribution in [0.3, 0.4) is 0 Å². The van der Waals surface area contributed by atoms with Crippen molar-refractivity contribution in [2.45, 2.75) is 46.2 Å². The molecule has 0 bridgehead atoms. The number of hydrogen-bond donors (Lipinski definition) is 1. The van der Waals surface area contributed by atoms with Crippen molar-refractivity contribution in [3.63, 3.8) is 0 Å². The molecule has 0 fully saturated rings. The molecule has 0 saturated heterocycles. The third-order valence-corrected chi connectivity index (χ3v) is 4.97. The summed E-state index contributed by atoms with van der Waals surface area (Å²) in [4.78, 5) is 2.81. The number of hydrogen-bond acceptors (Lipinski definition) is 2. The Labute approximate surface area is 127 Å². The molecular weight excluding hydrogens is 262 g/mol. The van der Waals surface area contributed by atoms with Crippen molar-refractivity contribution in [3.05, 3.63) is 57.8 Å². The van der Waals surface area contributed by atoms with Gasteiger partial charge in [-0.15, -0.1) is 11.3 Å². The fraction of sp³-hybridized carbons (Fsp3) is 0.444. The van der Waals surface area contributed by atoms with E-state index in [0.29, 0.717) is 12.0 Å². The van der Waals surface area contributed by atoms with Gasteiger partial charge in [-0.25, -0.2) is 0 Å². The Bertz CT molecular complexity index is 499. The summed E-state index contributed by atoms with van der Waals surface area (Å²) in [7, 11) is 0. The zero-order chi connectivity index (χ0) is 14.4. The molecule has 1 N–H and O–H groups in total. The van der Waals surface area contributed by atoms with Gasteiger partial charge in [0.25, 0.3) is 0 Å². The van der Waals surface area contributed by atoms with Gasteiger partial charge >= 0.3 is 0 Å². The number of aryl methyl sites for hydroxylation is 1. The van der Waals surface area contributed by atoms with E-state index in [-0.39, 0.29) is 0 Å². The van der Waals surface area contributed by atoms with Gasteiger partial charge in [-0.1, -0.05) is 57.0 Å². The molecule has 2 aromatic rings. The molecule has 108 valence electrons. The van der Waals surface area contributed by atoms with Gasteiger partial charge in [-0.2, -0.15) is 0 Å². The van der Waals surface area contributed by atoms with Gasteiger partial charge in [0.05, 0.1) is 0 Å². The van der Waals surface area contributed by atoms with E-state index in [9.17, 15) is 0 Å². The molecule has 0 aliphatic rings. The van der Waals surface area contributed by atoms with Crippen molar-refractivity contribution in [1.82, 2.24) is 5.32 Å². The molecule has 2 rings (SSSR count). The Morgan fingerprint density at radius 1 is 1.00 bits per heavy atom. The predicted octanol–water partition coefficient (Wildman–Crippen LogP) is 5.32. The number of thiophene rings is 1. The molecule has 1 atom stereocenters. The van der Waals surface area contributed by atoms with Crippen LogP contribution >= 0.6 is 11.3 Å². The Balaban J connectivity index is 2.10. The maximum Gasteiger partial charge on any atom is 0.0351 e. The molecule has 20 heavy (non-hydrogen) atoms. The fourth-order valence-electron chi connectivity index (χ4n) is 2.77. The van der Waals surface area contributed by atoms with Gasteiger partial charge < -0.3 is 5.32 Å². The lowest BCUT2D eigenvalue weighted by Gasteiger charge is -2.27. The summed E-state index contributed by atoms with van der Waals surface area (Å²) in [6.45, 7) is 7.72. The largest absolute Gasteiger partial charge is 0.305 e. The van der Waals surface area contributed by atoms with E-state index in [4.69, 9.17) is 0 Å². The first-order valence-electron chi connectivity index (χ1n) is 7.58. The smallest absolute Gasteiger partial charge is 0.0351 e. The van der Waals surface area contributed by atoms with Crippen LogP contribution in [0, 0.1) is 12.8 Å². The highest BCUT2D eigenvalue weighted by atomic mass is 32.1. The third-order valence-electron chi connectivity index (χ3n) is 3.97. The first kappa shape index (κ1) is 15.3. The predicted molar refractivity (Wildman–Crippen MR) is 89.2 cm³/mol. The second-order valence-electron chi connectivity index (χ2n) is 5.36. The summed E-state index contributed by atoms with van der Waals surface area (Å²) in [5.74, 6) is 0.693. The van der Waals surface area contributed by atoms with Crippen molar-refractivity contribution in [2.75, 3.05) is 0 Å². The topological polar surface area (TPSA) is 12.0 Å². The lowest BCUT2D eigenvalue weighted by molar-refractivity contribution is 0.340. The summed E-state index contributed by atoms with van der Waals surface area (Å²) in [6, 6.07) is 15.8. The Morgan fingerprint density at radius 3 is 2.25 bits per heavy atom. The number of benzene rings is 1. The van der Waals surface area contributed by atoms with Gasteiger partial charge in [0.2, 0.25) is 0 Å². The van der Waals surface area contributed by atoms with Gasteiger partial charge in [0.15, 0.2) is 0 Å². The highest BCUT2D eigenvalue weighted by molar-refractivity contribution is 7.11. The van der Waals surface area contributed by atoms with Gasteiger partial charge in [-0.05, 0) is 30.5 Å². The number of nitrogens with one attached hydrogen (secondary N) is 1. The van der Waals surface area contributed by atoms with E-state index in [1.807, 2.05) is 11.3 Å². The van der Waals surface area contributed by atoms with Gasteiger partial charge in [0, 0.05) is 22.3 Å². The van der Waals surface area contributed by atoms with Crippen molar-refractivity contribution in [3.8, 4) is 0 Å². The number of rotatable bonds is 7. The second kappa shape index (κ2) is 7.61. The van der Waals surface area contributed by atoms with E-state index in [1.54, 1.807) is 0 Å². The quantitative estimate of drug-likeness (QED) is 0.726. The molecule has 1 nitrogen and oxygen atoms in total. The van der Waals surface area contributed by atoms with E-state index >= 15 is 0 Å². The molecule has 0 aliphatic carbocycles. The monoisotopic (exact) mass is 287 g/mol. The standard InChI is InChI=1S/C18H25NS/c1-4-15(5-2)18(16-9-7-6-8-10-16)19-13-17-12-11-14(3)20-17/h6-12,15,18-19H,4-5,13H2,1-3H3. The maximum absolute atomic E-state index is 3.78. The van der Waals surface area contributed by atoms with Crippen molar-refractivity contribution in [1.29, 1.82) is 0 Å². The summed E-state index contributed by atoms with van der Waals surface area (Å²) in [5, 5.41) is 3.78. The van der Waals surface area contributed by atoms with Crippen LogP contribution in [0.4, 0.5) is 0 Å². The summed E-state index contributed by atoms with van der Waals surface area (Å²) in [6.07, 6.45) is 2.43. The Hall–Kier alpha value is -1.12. The molecular formula is C18H25NS. The average molecular weight is 287 g/mol. The second-order valence-corrected chi connectivity index (χ2v) is 6.73. The first-order chi connectivity index (χ1) is 9.74. The van der Waals surface area contributed by atoms with E-state index in [1.165, 1.54) is 28.2 Å². The normalized spacial score (nSPS) is 12.8. The van der Waals surface area contributed by atoms with Gasteiger partial charge in [-0.3, -0.25) is 0 Å². The van der Waals surface area contributed by atoms with Crippen LogP contribution < -0.4 is 5.32 Å². The molecule has 1 aromatic heterocycles. The molecule has 1 heterocycles. The Morgan fingerprint density at radius 2 is 1.70 bits per heavy atom. The SMILES string of the molecule is CCC(CC)C(NCc1ccc(C)s1)c1ccccc1. The summed E-state index contributed by atoms with van der Waals surface area (Å²) in [5.41, 5.74) is 1.41. The molecule has 1 aromatic carbocycles. The van der Waals surface area contributed by atoms with Crippen molar-refractivity contribution < 1.29 is 0 Å². The maximum atomic E-state index is 3.78. The molecule has 0 amide bonds. The third kappa shape index (κ3) is 3.94. The van der Waals surface area contributed by atoms with Crippen LogP contribution in [0.5, 0.6) is 0 Å². The molecule has 1 unspecified atom stereocenters. The molecule has 0 spiro atoms. The molecule has 2 heteroatoms. The highest BCUT2D eigenvalue weighted by Crippen LogP contribution is 2.28. The lowest BCUT2D eigenvalue weighted by Crippen LogP contribution is -2.27. The molecule has 0 radical (unpaired) electrons. The van der Waals surface area contributed by atoms with E-state index < -0.39 is 0 Å². The lowest BCUT2D eigenvalue weighted by atomic mass is 9.89. The van der Waals surface area contributed by atoms with Crippen LogP contribution in [0.25, 0.3) is 0 Å².